The molecule has 1 aliphatic rings. The van der Waals surface area contributed by atoms with Gasteiger partial charge in [0.25, 0.3) is 0 Å². The number of benzene rings is 2. The number of hydrogen-bond acceptors (Lipinski definition) is 3. The van der Waals surface area contributed by atoms with E-state index in [4.69, 9.17) is 9.47 Å². The third-order valence-corrected chi connectivity index (χ3v) is 4.18. The first-order valence-electron chi connectivity index (χ1n) is 8.12. The Balaban J connectivity index is 1.80. The van der Waals surface area contributed by atoms with Gasteiger partial charge in [-0.1, -0.05) is 12.6 Å². The predicted octanol–water partition coefficient (Wildman–Crippen LogP) is 5.19. The Morgan fingerprint density at radius 1 is 1.23 bits per heavy atom. The van der Waals surface area contributed by atoms with Gasteiger partial charge in [0.15, 0.2) is 5.78 Å². The average Bonchev–Trinajstić information content (AvgIpc) is 2.62. The van der Waals surface area contributed by atoms with Gasteiger partial charge in [-0.05, 0) is 48.9 Å². The highest BCUT2D eigenvalue weighted by Crippen LogP contribution is 2.38. The van der Waals surface area contributed by atoms with E-state index in [1.54, 1.807) is 18.2 Å². The topological polar surface area (TPSA) is 35.5 Å². The molecule has 0 N–H and O–H groups in total. The zero-order valence-electron chi connectivity index (χ0n) is 13.9. The van der Waals surface area contributed by atoms with Crippen LogP contribution in [0.5, 0.6) is 17.2 Å². The van der Waals surface area contributed by atoms with Crippen LogP contribution in [0, 0.1) is 5.92 Å². The zero-order valence-corrected chi connectivity index (χ0v) is 13.9. The summed E-state index contributed by atoms with van der Waals surface area (Å²) in [5, 5.41) is 0. The van der Waals surface area contributed by atoms with Crippen molar-refractivity contribution in [2.45, 2.75) is 19.0 Å². The van der Waals surface area contributed by atoms with E-state index < -0.39 is 11.7 Å². The molecule has 0 fully saturated rings. The molecule has 0 radical (unpaired) electrons. The van der Waals surface area contributed by atoms with Crippen LogP contribution in [0.2, 0.25) is 0 Å². The van der Waals surface area contributed by atoms with Crippen molar-refractivity contribution in [3.05, 3.63) is 66.2 Å². The Kier molecular flexibility index (Phi) is 5.02. The molecule has 0 saturated heterocycles. The second-order valence-corrected chi connectivity index (χ2v) is 6.11. The van der Waals surface area contributed by atoms with E-state index in [1.807, 2.05) is 0 Å². The van der Waals surface area contributed by atoms with Crippen LogP contribution in [-0.2, 0) is 17.4 Å². The number of carbonyl (C=O) groups excluding carboxylic acids is 1. The van der Waals surface area contributed by atoms with Crippen LogP contribution < -0.4 is 9.47 Å². The molecule has 1 unspecified atom stereocenters. The maximum atomic E-state index is 12.7. The lowest BCUT2D eigenvalue weighted by Crippen LogP contribution is -2.23. The lowest BCUT2D eigenvalue weighted by molar-refractivity contribution is -0.137. The van der Waals surface area contributed by atoms with Crippen LogP contribution >= 0.6 is 0 Å². The van der Waals surface area contributed by atoms with E-state index >= 15 is 0 Å². The van der Waals surface area contributed by atoms with Gasteiger partial charge in [-0.25, -0.2) is 0 Å². The molecule has 0 aliphatic carbocycles. The summed E-state index contributed by atoms with van der Waals surface area (Å²) < 4.78 is 49.4. The lowest BCUT2D eigenvalue weighted by Gasteiger charge is -2.26. The Morgan fingerprint density at radius 3 is 2.62 bits per heavy atom. The van der Waals surface area contributed by atoms with E-state index in [0.29, 0.717) is 36.7 Å². The molecule has 0 bridgehead atoms. The summed E-state index contributed by atoms with van der Waals surface area (Å²) >= 11 is 0. The number of ether oxygens (including phenoxy) is 2. The van der Waals surface area contributed by atoms with Gasteiger partial charge in [-0.15, -0.1) is 0 Å². The molecular weight excluding hydrogens is 345 g/mol. The van der Waals surface area contributed by atoms with Gasteiger partial charge in [0.2, 0.25) is 0 Å². The van der Waals surface area contributed by atoms with Gasteiger partial charge in [0.05, 0.1) is 12.2 Å². The predicted molar refractivity (Wildman–Crippen MR) is 90.5 cm³/mol. The zero-order chi connectivity index (χ0) is 18.7. The maximum absolute atomic E-state index is 12.7. The summed E-state index contributed by atoms with van der Waals surface area (Å²) in [7, 11) is 0. The van der Waals surface area contributed by atoms with Gasteiger partial charge in [-0.2, -0.15) is 13.2 Å². The van der Waals surface area contributed by atoms with Crippen LogP contribution in [0.4, 0.5) is 13.2 Å². The minimum Gasteiger partial charge on any atom is -0.493 e. The van der Waals surface area contributed by atoms with E-state index in [2.05, 4.69) is 6.58 Å². The Labute approximate surface area is 149 Å². The Bertz CT molecular complexity index is 810. The van der Waals surface area contributed by atoms with Crippen LogP contribution in [0.25, 0.3) is 0 Å². The largest absolute Gasteiger partial charge is 0.493 e. The Morgan fingerprint density at radius 2 is 1.96 bits per heavy atom. The number of rotatable bonds is 5. The number of alkyl halides is 3. The molecule has 26 heavy (non-hydrogen) atoms. The summed E-state index contributed by atoms with van der Waals surface area (Å²) in [4.78, 5) is 11.6. The molecule has 136 valence electrons. The molecular formula is C20H17F3O3. The quantitative estimate of drug-likeness (QED) is 0.687. The number of ketones is 1. The molecule has 0 saturated carbocycles. The molecule has 1 atom stereocenters. The second-order valence-electron chi connectivity index (χ2n) is 6.11. The van der Waals surface area contributed by atoms with Gasteiger partial charge < -0.3 is 9.47 Å². The number of carbonyl (C=O) groups is 1. The summed E-state index contributed by atoms with van der Waals surface area (Å²) in [6.07, 6.45) is -2.17. The summed E-state index contributed by atoms with van der Waals surface area (Å²) in [6, 6.07) is 9.82. The third-order valence-electron chi connectivity index (χ3n) is 4.18. The molecule has 3 rings (SSSR count). The highest BCUT2D eigenvalue weighted by Gasteiger charge is 2.30. The fraction of sp³-hybridized carbons (Fsp3) is 0.250. The number of fused-ring (bicyclic) bond motifs is 1. The molecule has 2 aromatic rings. The standard InChI is InChI=1S/C20H17F3O3/c1-2-15(24)10-13-11-17-18(25-12-13)4-3-5-19(17)26-16-8-6-14(7-9-16)20(21,22)23/h2-9,13H,1,10-12H2. The van der Waals surface area contributed by atoms with Gasteiger partial charge in [-0.3, -0.25) is 4.79 Å². The van der Waals surface area contributed by atoms with Gasteiger partial charge in [0, 0.05) is 17.9 Å². The molecule has 0 amide bonds. The third kappa shape index (κ3) is 4.07. The van der Waals surface area contributed by atoms with Crippen LogP contribution in [0.15, 0.2) is 55.1 Å². The number of allylic oxidation sites excluding steroid dienone is 1. The molecule has 3 nitrogen and oxygen atoms in total. The first-order chi connectivity index (χ1) is 12.4. The first kappa shape index (κ1) is 18.0. The van der Waals surface area contributed by atoms with Gasteiger partial charge in [0.1, 0.15) is 17.2 Å². The smallest absolute Gasteiger partial charge is 0.416 e. The highest BCUT2D eigenvalue weighted by molar-refractivity contribution is 5.89. The van der Waals surface area contributed by atoms with Crippen LogP contribution in [0.1, 0.15) is 17.5 Å². The van der Waals surface area contributed by atoms with Crippen molar-refractivity contribution in [3.63, 3.8) is 0 Å². The molecule has 2 aromatic carbocycles. The monoisotopic (exact) mass is 362 g/mol. The highest BCUT2D eigenvalue weighted by atomic mass is 19.4. The molecule has 0 spiro atoms. The normalized spacial score (nSPS) is 16.3. The Hall–Kier alpha value is -2.76. The van der Waals surface area contributed by atoms with Crippen LogP contribution in [0.3, 0.4) is 0 Å². The fourth-order valence-corrected chi connectivity index (χ4v) is 2.87. The van der Waals surface area contributed by atoms with E-state index in [1.165, 1.54) is 18.2 Å². The fourth-order valence-electron chi connectivity index (χ4n) is 2.87. The molecule has 1 heterocycles. The lowest BCUT2D eigenvalue weighted by atomic mass is 9.92. The second kappa shape index (κ2) is 7.23. The first-order valence-corrected chi connectivity index (χ1v) is 8.12. The van der Waals surface area contributed by atoms with Crippen molar-refractivity contribution in [3.8, 4) is 17.2 Å². The van der Waals surface area contributed by atoms with Crippen molar-refractivity contribution in [2.75, 3.05) is 6.61 Å². The van der Waals surface area contributed by atoms with Crippen molar-refractivity contribution < 1.29 is 27.4 Å². The SMILES string of the molecule is C=CC(=O)CC1COc2cccc(Oc3ccc(C(F)(F)F)cc3)c2C1. The van der Waals surface area contributed by atoms with E-state index in [-0.39, 0.29) is 11.7 Å². The number of halogens is 3. The summed E-state index contributed by atoms with van der Waals surface area (Å²) in [5.74, 6) is 1.43. The summed E-state index contributed by atoms with van der Waals surface area (Å²) in [6.45, 7) is 3.90. The van der Waals surface area contributed by atoms with E-state index in [9.17, 15) is 18.0 Å². The minimum atomic E-state index is -4.39. The summed E-state index contributed by atoms with van der Waals surface area (Å²) in [5.41, 5.74) is 0.0757. The average molecular weight is 362 g/mol. The van der Waals surface area contributed by atoms with Crippen molar-refractivity contribution in [1.29, 1.82) is 0 Å². The minimum absolute atomic E-state index is 0.00496. The molecule has 6 heteroatoms. The van der Waals surface area contributed by atoms with Crippen LogP contribution in [-0.4, -0.2) is 12.4 Å². The number of hydrogen-bond donors (Lipinski definition) is 0. The molecule has 0 aromatic heterocycles. The maximum Gasteiger partial charge on any atom is 0.416 e. The van der Waals surface area contributed by atoms with Crippen molar-refractivity contribution >= 4 is 5.78 Å². The van der Waals surface area contributed by atoms with E-state index in [0.717, 1.165) is 17.7 Å². The van der Waals surface area contributed by atoms with Gasteiger partial charge >= 0.3 is 6.18 Å². The van der Waals surface area contributed by atoms with Crippen molar-refractivity contribution in [1.82, 2.24) is 0 Å². The van der Waals surface area contributed by atoms with Crippen molar-refractivity contribution in [2.24, 2.45) is 5.92 Å². The molecule has 1 aliphatic heterocycles.